The van der Waals surface area contributed by atoms with Crippen LogP contribution in [0.5, 0.6) is 0 Å². The highest BCUT2D eigenvalue weighted by Crippen LogP contribution is 1.74. The Labute approximate surface area is 47.5 Å². The Hall–Kier alpha value is -1.14. The lowest BCUT2D eigenvalue weighted by Gasteiger charge is -1.67. The first kappa shape index (κ1) is 6.86. The minimum atomic E-state index is 0.359. The van der Waals surface area contributed by atoms with E-state index >= 15 is 0 Å². The average molecular weight is 110 g/mol. The van der Waals surface area contributed by atoms with Crippen LogP contribution in [0.2, 0.25) is 0 Å². The summed E-state index contributed by atoms with van der Waals surface area (Å²) >= 11 is 0. The van der Waals surface area contributed by atoms with Crippen LogP contribution in [0.3, 0.4) is 0 Å². The molecule has 0 aliphatic rings. The lowest BCUT2D eigenvalue weighted by atomic mass is 10.4. The zero-order chi connectivity index (χ0) is 6.24. The standard InChI is InChI=1S/C6H6O2/c7-5-3-1-2-4-6-8/h1-3,6H,4H2. The van der Waals surface area contributed by atoms with Gasteiger partial charge in [0.2, 0.25) is 0 Å². The van der Waals surface area contributed by atoms with Gasteiger partial charge in [0.25, 0.3) is 0 Å². The average Bonchev–Trinajstić information content (AvgIpc) is 1.81. The molecule has 2 nitrogen and oxygen atoms in total. The largest absolute Gasteiger partial charge is 0.303 e. The first-order valence-electron chi connectivity index (χ1n) is 2.21. The van der Waals surface area contributed by atoms with Crippen LogP contribution < -0.4 is 0 Å². The van der Waals surface area contributed by atoms with Crippen LogP contribution in [-0.4, -0.2) is 12.2 Å². The number of hydrogen-bond donors (Lipinski definition) is 0. The predicted octanol–water partition coefficient (Wildman–Crippen LogP) is 0.519. The van der Waals surface area contributed by atoms with Gasteiger partial charge in [-0.15, -0.1) is 0 Å². The van der Waals surface area contributed by atoms with Gasteiger partial charge in [-0.25, -0.2) is 4.79 Å². The van der Waals surface area contributed by atoms with E-state index < -0.39 is 0 Å². The van der Waals surface area contributed by atoms with Gasteiger partial charge in [0.05, 0.1) is 0 Å². The molecule has 0 unspecified atom stereocenters. The van der Waals surface area contributed by atoms with Crippen LogP contribution in [-0.2, 0) is 9.59 Å². The second-order valence-corrected chi connectivity index (χ2v) is 1.12. The molecule has 0 aromatic rings. The van der Waals surface area contributed by atoms with Gasteiger partial charge in [-0.2, -0.15) is 0 Å². The van der Waals surface area contributed by atoms with Crippen molar-refractivity contribution in [1.29, 1.82) is 0 Å². The van der Waals surface area contributed by atoms with Crippen molar-refractivity contribution in [3.8, 4) is 0 Å². The van der Waals surface area contributed by atoms with Gasteiger partial charge < -0.3 is 4.79 Å². The molecule has 0 fully saturated rings. The number of allylic oxidation sites excluding steroid dienone is 3. The molecule has 0 heterocycles. The molecule has 0 saturated heterocycles. The van der Waals surface area contributed by atoms with E-state index in [4.69, 9.17) is 0 Å². The van der Waals surface area contributed by atoms with Crippen molar-refractivity contribution in [1.82, 2.24) is 0 Å². The third-order valence-electron chi connectivity index (χ3n) is 0.533. The van der Waals surface area contributed by atoms with E-state index in [0.29, 0.717) is 6.42 Å². The molecule has 0 spiro atoms. The minimum absolute atomic E-state index is 0.359. The predicted molar refractivity (Wildman–Crippen MR) is 30.1 cm³/mol. The van der Waals surface area contributed by atoms with Crippen LogP contribution in [0.1, 0.15) is 6.42 Å². The first-order valence-corrected chi connectivity index (χ1v) is 2.21. The van der Waals surface area contributed by atoms with Gasteiger partial charge >= 0.3 is 0 Å². The summed E-state index contributed by atoms with van der Waals surface area (Å²) in [5.74, 6) is 1.55. The summed E-state index contributed by atoms with van der Waals surface area (Å²) in [6, 6.07) is 0. The van der Waals surface area contributed by atoms with Crippen molar-refractivity contribution in [3.05, 3.63) is 18.2 Å². The van der Waals surface area contributed by atoms with Gasteiger partial charge in [0.15, 0.2) is 0 Å². The molecule has 0 bridgehead atoms. The van der Waals surface area contributed by atoms with Gasteiger partial charge in [-0.3, -0.25) is 0 Å². The van der Waals surface area contributed by atoms with E-state index in [1.165, 1.54) is 12.2 Å². The van der Waals surface area contributed by atoms with E-state index in [0.717, 1.165) is 6.29 Å². The fourth-order valence-electron chi connectivity index (χ4n) is 0.241. The summed E-state index contributed by atoms with van der Waals surface area (Å²) in [6.45, 7) is 0. The van der Waals surface area contributed by atoms with Crippen molar-refractivity contribution in [2.24, 2.45) is 0 Å². The zero-order valence-corrected chi connectivity index (χ0v) is 4.33. The van der Waals surface area contributed by atoms with Crippen LogP contribution in [0, 0.1) is 0 Å². The van der Waals surface area contributed by atoms with Gasteiger partial charge in [-0.1, -0.05) is 12.2 Å². The normalized spacial score (nSPS) is 8.50. The van der Waals surface area contributed by atoms with E-state index in [9.17, 15) is 9.59 Å². The number of carbonyl (C=O) groups is 1. The lowest BCUT2D eigenvalue weighted by Crippen LogP contribution is -1.63. The molecule has 8 heavy (non-hydrogen) atoms. The fraction of sp³-hybridized carbons (Fsp3) is 0.167. The molecule has 0 rings (SSSR count). The highest BCUT2D eigenvalue weighted by Gasteiger charge is 1.66. The molecule has 0 aromatic heterocycles. The molecular weight excluding hydrogens is 104 g/mol. The smallest absolute Gasteiger partial charge is 0.124 e. The third-order valence-corrected chi connectivity index (χ3v) is 0.533. The van der Waals surface area contributed by atoms with Crippen molar-refractivity contribution in [2.75, 3.05) is 0 Å². The fourth-order valence-corrected chi connectivity index (χ4v) is 0.241. The molecule has 0 aromatic carbocycles. The SMILES string of the molecule is O=C=CC=CCC=O. The molecule has 2 heteroatoms. The van der Waals surface area contributed by atoms with Gasteiger partial charge in [0, 0.05) is 12.5 Å². The molecule has 0 N–H and O–H groups in total. The lowest BCUT2D eigenvalue weighted by molar-refractivity contribution is -0.107. The van der Waals surface area contributed by atoms with Crippen LogP contribution >= 0.6 is 0 Å². The highest BCUT2D eigenvalue weighted by atomic mass is 16.1. The molecule has 0 atom stereocenters. The summed E-state index contributed by atoms with van der Waals surface area (Å²) in [6.07, 6.45) is 5.40. The molecule has 0 aliphatic heterocycles. The summed E-state index contributed by atoms with van der Waals surface area (Å²) in [7, 11) is 0. The Morgan fingerprint density at radius 1 is 1.50 bits per heavy atom. The van der Waals surface area contributed by atoms with Crippen molar-refractivity contribution >= 4 is 12.2 Å². The molecule has 42 valence electrons. The van der Waals surface area contributed by atoms with E-state index in [2.05, 4.69) is 0 Å². The number of carbonyl (C=O) groups excluding carboxylic acids is 2. The maximum Gasteiger partial charge on any atom is 0.124 e. The third kappa shape index (κ3) is 4.86. The topological polar surface area (TPSA) is 34.1 Å². The van der Waals surface area contributed by atoms with Crippen molar-refractivity contribution in [2.45, 2.75) is 6.42 Å². The Morgan fingerprint density at radius 3 is 2.75 bits per heavy atom. The Balaban J connectivity index is 3.33. The summed E-state index contributed by atoms with van der Waals surface area (Å²) in [5.41, 5.74) is 0. The van der Waals surface area contributed by atoms with E-state index in [-0.39, 0.29) is 0 Å². The maximum absolute atomic E-state index is 9.60. The van der Waals surface area contributed by atoms with E-state index in [1.54, 1.807) is 12.0 Å². The number of rotatable bonds is 3. The quantitative estimate of drug-likeness (QED) is 0.301. The Morgan fingerprint density at radius 2 is 2.25 bits per heavy atom. The van der Waals surface area contributed by atoms with Crippen LogP contribution in [0.4, 0.5) is 0 Å². The number of hydrogen-bond acceptors (Lipinski definition) is 2. The van der Waals surface area contributed by atoms with Gasteiger partial charge in [0.1, 0.15) is 12.2 Å². The highest BCUT2D eigenvalue weighted by molar-refractivity contribution is 5.53. The molecular formula is C6H6O2. The molecule has 0 aliphatic carbocycles. The first-order chi connectivity index (χ1) is 3.91. The molecule has 0 saturated carbocycles. The summed E-state index contributed by atoms with van der Waals surface area (Å²) in [5, 5.41) is 0. The second-order valence-electron chi connectivity index (χ2n) is 1.12. The summed E-state index contributed by atoms with van der Waals surface area (Å²) < 4.78 is 0. The van der Waals surface area contributed by atoms with Crippen LogP contribution in [0.25, 0.3) is 0 Å². The number of aldehydes is 1. The maximum atomic E-state index is 9.60. The van der Waals surface area contributed by atoms with E-state index in [1.807, 2.05) is 0 Å². The Bertz CT molecular complexity index is 129. The monoisotopic (exact) mass is 110 g/mol. The minimum Gasteiger partial charge on any atom is -0.303 e. The second kappa shape index (κ2) is 5.86. The Kier molecular flexibility index (Phi) is 5.02. The van der Waals surface area contributed by atoms with Crippen molar-refractivity contribution < 1.29 is 9.59 Å². The molecule has 0 radical (unpaired) electrons. The van der Waals surface area contributed by atoms with Crippen LogP contribution in [0.15, 0.2) is 18.2 Å². The van der Waals surface area contributed by atoms with Crippen molar-refractivity contribution in [3.63, 3.8) is 0 Å². The molecule has 0 amide bonds. The zero-order valence-electron chi connectivity index (χ0n) is 4.33. The summed E-state index contributed by atoms with van der Waals surface area (Å²) in [4.78, 5) is 19.1. The van der Waals surface area contributed by atoms with Gasteiger partial charge in [-0.05, 0) is 0 Å².